The van der Waals surface area contributed by atoms with Gasteiger partial charge in [0.15, 0.2) is 11.4 Å². The van der Waals surface area contributed by atoms with Gasteiger partial charge in [-0.25, -0.2) is 0 Å². The van der Waals surface area contributed by atoms with Crippen LogP contribution >= 0.6 is 0 Å². The van der Waals surface area contributed by atoms with Gasteiger partial charge in [-0.3, -0.25) is 24.5 Å². The summed E-state index contributed by atoms with van der Waals surface area (Å²) in [7, 11) is 0. The van der Waals surface area contributed by atoms with E-state index >= 15 is 0 Å². The molecule has 0 bridgehead atoms. The molecule has 1 fully saturated rings. The maximum Gasteiger partial charge on any atom is 0.323 e. The largest absolute Gasteiger partial charge is 0.508 e. The molecule has 222 valence electrons. The summed E-state index contributed by atoms with van der Waals surface area (Å²) in [6.07, 6.45) is -1.58. The van der Waals surface area contributed by atoms with Gasteiger partial charge in [0.25, 0.3) is 5.91 Å². The van der Waals surface area contributed by atoms with Gasteiger partial charge in [-0.15, -0.1) is 0 Å². The lowest BCUT2D eigenvalue weighted by Crippen LogP contribution is -2.64. The topological polar surface area (TPSA) is 234 Å². The highest BCUT2D eigenvalue weighted by molar-refractivity contribution is 6.24. The van der Waals surface area contributed by atoms with Gasteiger partial charge < -0.3 is 41.1 Å². The highest BCUT2D eigenvalue weighted by atomic mass is 16.4. The number of aliphatic carboxylic acids is 1. The van der Waals surface area contributed by atoms with Crippen molar-refractivity contribution in [3.8, 4) is 5.75 Å². The zero-order chi connectivity index (χ0) is 30.8. The third kappa shape index (κ3) is 4.40. The molecule has 41 heavy (non-hydrogen) atoms. The SMILES string of the molecule is CC(C)C1C(=O)C(C(=O)NCNC(C(=O)O)[C@H](C)O)=C(O)C2(O)C(=O)C3=C(O)c4c(O)cccc4[C@@](C)(O)[C@H]3C[C@@H]12. The molecule has 3 aliphatic carbocycles. The van der Waals surface area contributed by atoms with Gasteiger partial charge in [0, 0.05) is 23.3 Å². The Labute approximate surface area is 234 Å². The third-order valence-corrected chi connectivity index (χ3v) is 8.57. The Kier molecular flexibility index (Phi) is 7.54. The van der Waals surface area contributed by atoms with Gasteiger partial charge in [0.2, 0.25) is 5.78 Å². The second-order valence-electron chi connectivity index (χ2n) is 11.4. The Balaban J connectivity index is 1.82. The quantitative estimate of drug-likeness (QED) is 0.154. The number of hydrogen-bond acceptors (Lipinski definition) is 11. The summed E-state index contributed by atoms with van der Waals surface area (Å²) < 4.78 is 0. The molecule has 9 N–H and O–H groups in total. The lowest BCUT2D eigenvalue weighted by atomic mass is 9.52. The lowest BCUT2D eigenvalue weighted by molar-refractivity contribution is -0.160. The number of hydrogen-bond donors (Lipinski definition) is 9. The summed E-state index contributed by atoms with van der Waals surface area (Å²) in [6.45, 7) is 5.29. The highest BCUT2D eigenvalue weighted by Crippen LogP contribution is 2.58. The normalized spacial score (nSPS) is 30.9. The first kappa shape index (κ1) is 30.2. The lowest BCUT2D eigenvalue weighted by Gasteiger charge is -2.53. The zero-order valence-corrected chi connectivity index (χ0v) is 22.9. The van der Waals surface area contributed by atoms with Gasteiger partial charge in [-0.1, -0.05) is 26.0 Å². The van der Waals surface area contributed by atoms with Crippen LogP contribution in [0.5, 0.6) is 5.75 Å². The van der Waals surface area contributed by atoms with Gasteiger partial charge >= 0.3 is 5.97 Å². The van der Waals surface area contributed by atoms with E-state index in [1.807, 2.05) is 0 Å². The van der Waals surface area contributed by atoms with Gasteiger partial charge in [0.1, 0.15) is 28.9 Å². The molecule has 1 aromatic rings. The molecular formula is C28H34N2O11. The molecule has 1 saturated carbocycles. The van der Waals surface area contributed by atoms with Crippen molar-refractivity contribution in [1.29, 1.82) is 0 Å². The van der Waals surface area contributed by atoms with Crippen LogP contribution < -0.4 is 10.6 Å². The number of carboxylic acids is 1. The Bertz CT molecular complexity index is 1390. The molecule has 0 spiro atoms. The standard InChI is InChI=1S/C28H34N2O11/c1-10(2)16-14-8-13-18(22(34)17-12(27(13,4)40)6-5-7-15(17)32)23(35)28(14,41)24(36)19(21(16)33)25(37)30-9-29-20(11(3)31)26(38)39/h5-7,10-11,13-14,16,20,29,31-32,34,36,40-41H,8-9H2,1-4H3,(H,30,37)(H,38,39)/t11-,13-,14-,16?,20?,27+,28?/m0/s1. The molecule has 0 radical (unpaired) electrons. The van der Waals surface area contributed by atoms with Crippen LogP contribution in [0.1, 0.15) is 45.2 Å². The molecule has 7 atom stereocenters. The van der Waals surface area contributed by atoms with Crippen molar-refractivity contribution in [3.05, 3.63) is 46.2 Å². The molecule has 13 nitrogen and oxygen atoms in total. The van der Waals surface area contributed by atoms with E-state index in [-0.39, 0.29) is 17.5 Å². The second kappa shape index (κ2) is 10.2. The molecule has 0 saturated heterocycles. The van der Waals surface area contributed by atoms with Crippen LogP contribution in [0.25, 0.3) is 5.76 Å². The van der Waals surface area contributed by atoms with E-state index < -0.39 is 106 Å². The third-order valence-electron chi connectivity index (χ3n) is 8.57. The number of amides is 1. The van der Waals surface area contributed by atoms with Crippen molar-refractivity contribution in [2.75, 3.05) is 6.67 Å². The summed E-state index contributed by atoms with van der Waals surface area (Å²) in [4.78, 5) is 52.1. The number of nitrogens with one attached hydrogen (secondary N) is 2. The van der Waals surface area contributed by atoms with Crippen molar-refractivity contribution in [2.45, 2.75) is 57.5 Å². The number of aromatic hydroxyl groups is 1. The number of carbonyl (C=O) groups excluding carboxylic acids is 3. The number of aliphatic hydroxyl groups is 5. The monoisotopic (exact) mass is 574 g/mol. The van der Waals surface area contributed by atoms with Gasteiger partial charge in [-0.2, -0.15) is 0 Å². The summed E-state index contributed by atoms with van der Waals surface area (Å²) >= 11 is 0. The molecule has 0 heterocycles. The molecule has 4 rings (SSSR count). The number of aliphatic hydroxyl groups excluding tert-OH is 3. The van der Waals surface area contributed by atoms with Crippen LogP contribution in [-0.2, 0) is 24.8 Å². The maximum absolute atomic E-state index is 14.0. The van der Waals surface area contributed by atoms with Crippen LogP contribution in [0.4, 0.5) is 0 Å². The van der Waals surface area contributed by atoms with E-state index in [2.05, 4.69) is 10.6 Å². The minimum absolute atomic E-state index is 0.134. The van der Waals surface area contributed by atoms with E-state index in [0.717, 1.165) is 0 Å². The van der Waals surface area contributed by atoms with E-state index in [1.54, 1.807) is 13.8 Å². The Morgan fingerprint density at radius 2 is 1.73 bits per heavy atom. The fourth-order valence-corrected chi connectivity index (χ4v) is 6.52. The minimum Gasteiger partial charge on any atom is -0.508 e. The highest BCUT2D eigenvalue weighted by Gasteiger charge is 2.66. The molecule has 3 unspecified atom stereocenters. The van der Waals surface area contributed by atoms with E-state index in [1.165, 1.54) is 32.0 Å². The number of phenols is 1. The fourth-order valence-electron chi connectivity index (χ4n) is 6.52. The van der Waals surface area contributed by atoms with Crippen LogP contribution in [0.3, 0.4) is 0 Å². The predicted molar refractivity (Wildman–Crippen MR) is 141 cm³/mol. The number of fused-ring (bicyclic) bond motifs is 3. The van der Waals surface area contributed by atoms with Gasteiger partial charge in [-0.05, 0) is 37.8 Å². The number of ketones is 2. The second-order valence-corrected chi connectivity index (χ2v) is 11.4. The molecular weight excluding hydrogens is 540 g/mol. The first-order chi connectivity index (χ1) is 19.0. The van der Waals surface area contributed by atoms with Crippen molar-refractivity contribution >= 4 is 29.2 Å². The molecule has 0 aromatic heterocycles. The molecule has 13 heteroatoms. The van der Waals surface area contributed by atoms with Crippen LogP contribution in [0.15, 0.2) is 35.1 Å². The smallest absolute Gasteiger partial charge is 0.323 e. The van der Waals surface area contributed by atoms with Crippen LogP contribution in [-0.4, -0.2) is 83.6 Å². The number of phenolic OH excluding ortho intramolecular Hbond substituents is 1. The predicted octanol–water partition coefficient (Wildman–Crippen LogP) is -0.0170. The number of Topliss-reactive ketones (excluding diaryl/α,β-unsaturated/α-hetero) is 2. The molecule has 0 aliphatic heterocycles. The van der Waals surface area contributed by atoms with Crippen molar-refractivity contribution in [2.24, 2.45) is 23.7 Å². The van der Waals surface area contributed by atoms with E-state index in [9.17, 15) is 54.9 Å². The maximum atomic E-state index is 14.0. The van der Waals surface area contributed by atoms with Gasteiger partial charge in [0.05, 0.1) is 23.9 Å². The molecule has 1 amide bonds. The molecule has 3 aliphatic rings. The van der Waals surface area contributed by atoms with Crippen molar-refractivity contribution in [1.82, 2.24) is 10.6 Å². The summed E-state index contributed by atoms with van der Waals surface area (Å²) in [5, 5.41) is 79.7. The molecule has 1 aromatic carbocycles. The first-order valence-electron chi connectivity index (χ1n) is 13.1. The van der Waals surface area contributed by atoms with Crippen LogP contribution in [0, 0.1) is 23.7 Å². The van der Waals surface area contributed by atoms with E-state index in [4.69, 9.17) is 0 Å². The number of rotatable bonds is 7. The van der Waals surface area contributed by atoms with Crippen molar-refractivity contribution < 1.29 is 54.9 Å². The van der Waals surface area contributed by atoms with E-state index in [0.29, 0.717) is 0 Å². The minimum atomic E-state index is -2.84. The summed E-state index contributed by atoms with van der Waals surface area (Å²) in [5.41, 5.74) is -6.13. The first-order valence-corrected chi connectivity index (χ1v) is 13.1. The average molecular weight is 575 g/mol. The van der Waals surface area contributed by atoms with Crippen LogP contribution in [0.2, 0.25) is 0 Å². The summed E-state index contributed by atoms with van der Waals surface area (Å²) in [5.74, 6) is -11.3. The summed E-state index contributed by atoms with van der Waals surface area (Å²) in [6, 6.07) is 2.70. The Morgan fingerprint density at radius 1 is 1.10 bits per heavy atom. The number of carboxylic acid groups (broad SMARTS) is 1. The number of benzene rings is 1. The number of carbonyl (C=O) groups is 4. The average Bonchev–Trinajstić information content (AvgIpc) is 2.86. The Morgan fingerprint density at radius 3 is 2.29 bits per heavy atom. The zero-order valence-electron chi connectivity index (χ0n) is 22.9. The van der Waals surface area contributed by atoms with Crippen molar-refractivity contribution in [3.63, 3.8) is 0 Å². The Hall–Kier alpha value is -3.78. The fraction of sp³-hybridized carbons (Fsp3) is 0.500.